The lowest BCUT2D eigenvalue weighted by atomic mass is 9.85. The van der Waals surface area contributed by atoms with Gasteiger partial charge in [0.05, 0.1) is 28.8 Å². The molecule has 8 aromatic rings. The minimum Gasteiger partial charge on any atom is -0.456 e. The standard InChI is InChI=1S/C36H22O/c1-2-10-24-21-25(18-17-23(24)9-1)35-28-12-3-5-14-30(28)36(31-15-6-4-13-29(31)35)26-19-20-34-32(22-26)27-11-7-8-16-33(27)37-34/h1-22H/i1D,2D,3D,4D,5D,6D,7D,8D,9D,10D,11D,12D,13D,14D,15D,16D,17D,18D,19D,20D,22D. The zero-order valence-corrected chi connectivity index (χ0v) is 18.5. The molecule has 1 heterocycles. The van der Waals surface area contributed by atoms with Crippen molar-refractivity contribution in [3.8, 4) is 22.3 Å². The molecule has 0 spiro atoms. The van der Waals surface area contributed by atoms with Gasteiger partial charge in [-0.2, -0.15) is 0 Å². The first-order chi connectivity index (χ1) is 27.1. The quantitative estimate of drug-likeness (QED) is 0.219. The summed E-state index contributed by atoms with van der Waals surface area (Å²) in [5, 5.41) is -3.50. The van der Waals surface area contributed by atoms with Crippen LogP contribution in [0, 0.1) is 0 Å². The van der Waals surface area contributed by atoms with E-state index in [1.165, 1.54) is 0 Å². The number of rotatable bonds is 2. The molecule has 172 valence electrons. The maximum absolute atomic E-state index is 9.52. The van der Waals surface area contributed by atoms with Crippen molar-refractivity contribution in [1.29, 1.82) is 0 Å². The lowest BCUT2D eigenvalue weighted by Crippen LogP contribution is -1.91. The molecule has 1 nitrogen and oxygen atoms in total. The van der Waals surface area contributed by atoms with Gasteiger partial charge in [-0.15, -0.1) is 0 Å². The number of furan rings is 1. The normalized spacial score (nSPS) is 19.7. The summed E-state index contributed by atoms with van der Waals surface area (Å²) in [6.07, 6.45) is 0. The van der Waals surface area contributed by atoms with Crippen molar-refractivity contribution in [2.24, 2.45) is 0 Å². The Bertz CT molecular complexity index is 3210. The molecule has 0 fully saturated rings. The zero-order valence-electron chi connectivity index (χ0n) is 39.5. The highest BCUT2D eigenvalue weighted by Crippen LogP contribution is 2.45. The van der Waals surface area contributed by atoms with Crippen LogP contribution in [0.15, 0.2) is 137 Å². The summed E-state index contributed by atoms with van der Waals surface area (Å²) in [5.74, 6) is 0. The zero-order chi connectivity index (χ0) is 42.6. The average molecular weight is 492 g/mol. The molecule has 0 atom stereocenters. The van der Waals surface area contributed by atoms with E-state index >= 15 is 0 Å². The Balaban J connectivity index is 1.74. The van der Waals surface area contributed by atoms with Gasteiger partial charge in [0.25, 0.3) is 0 Å². The van der Waals surface area contributed by atoms with Crippen molar-refractivity contribution >= 4 is 54.3 Å². The monoisotopic (exact) mass is 491 g/mol. The highest BCUT2D eigenvalue weighted by molar-refractivity contribution is 6.22. The van der Waals surface area contributed by atoms with Gasteiger partial charge < -0.3 is 4.42 Å². The molecular weight excluding hydrogens is 448 g/mol. The third-order valence-electron chi connectivity index (χ3n) is 6.11. The highest BCUT2D eigenvalue weighted by Gasteiger charge is 2.17. The molecule has 0 saturated carbocycles. The van der Waals surface area contributed by atoms with Crippen LogP contribution in [-0.2, 0) is 0 Å². The Morgan fingerprint density at radius 2 is 0.919 bits per heavy atom. The Hall–Kier alpha value is -4.88. The van der Waals surface area contributed by atoms with Gasteiger partial charge in [-0.1, -0.05) is 109 Å². The average Bonchev–Trinajstić information content (AvgIpc) is 3.61. The van der Waals surface area contributed by atoms with Gasteiger partial charge >= 0.3 is 0 Å². The molecule has 1 aromatic heterocycles. The smallest absolute Gasteiger partial charge is 0.135 e. The first kappa shape index (κ1) is 8.61. The number of benzene rings is 7. The molecule has 0 unspecified atom stereocenters. The van der Waals surface area contributed by atoms with E-state index in [0.29, 0.717) is 0 Å². The molecule has 0 bridgehead atoms. The third-order valence-corrected chi connectivity index (χ3v) is 6.11. The van der Waals surface area contributed by atoms with Gasteiger partial charge in [-0.25, -0.2) is 0 Å². The largest absolute Gasteiger partial charge is 0.456 e. The molecule has 7 aromatic carbocycles. The lowest BCUT2D eigenvalue weighted by Gasteiger charge is -2.18. The van der Waals surface area contributed by atoms with Gasteiger partial charge in [-0.3, -0.25) is 0 Å². The van der Waals surface area contributed by atoms with Gasteiger partial charge in [0, 0.05) is 10.8 Å². The van der Waals surface area contributed by atoms with Crippen LogP contribution in [0.3, 0.4) is 0 Å². The Kier molecular flexibility index (Phi) is 1.82. The minimum atomic E-state index is -0.863. The summed E-state index contributed by atoms with van der Waals surface area (Å²) in [6, 6.07) is -14.9. The minimum absolute atomic E-state index is 0.281. The summed E-state index contributed by atoms with van der Waals surface area (Å²) < 4.78 is 190. The van der Waals surface area contributed by atoms with E-state index in [9.17, 15) is 8.22 Å². The molecule has 0 aliphatic heterocycles. The van der Waals surface area contributed by atoms with Crippen molar-refractivity contribution in [2.45, 2.75) is 0 Å². The fraction of sp³-hybridized carbons (Fsp3) is 0. The van der Waals surface area contributed by atoms with Crippen LogP contribution in [0.1, 0.15) is 28.8 Å². The van der Waals surface area contributed by atoms with Crippen LogP contribution < -0.4 is 0 Å². The molecule has 0 aliphatic carbocycles. The molecular formula is C36H22O. The van der Waals surface area contributed by atoms with E-state index in [1.807, 2.05) is 0 Å². The van der Waals surface area contributed by atoms with E-state index in [2.05, 4.69) is 0 Å². The van der Waals surface area contributed by atoms with Crippen molar-refractivity contribution in [3.05, 3.63) is 133 Å². The summed E-state index contributed by atoms with van der Waals surface area (Å²) in [5.41, 5.74) is -2.97. The van der Waals surface area contributed by atoms with E-state index in [0.717, 1.165) is 6.07 Å². The number of hydrogen-bond donors (Lipinski definition) is 0. The maximum atomic E-state index is 9.52. The van der Waals surface area contributed by atoms with Crippen molar-refractivity contribution in [2.75, 3.05) is 0 Å². The lowest BCUT2D eigenvalue weighted by molar-refractivity contribution is 0.669. The molecule has 0 saturated heterocycles. The van der Waals surface area contributed by atoms with E-state index < -0.39 is 182 Å². The summed E-state index contributed by atoms with van der Waals surface area (Å²) >= 11 is 0. The van der Waals surface area contributed by atoms with Crippen LogP contribution in [0.5, 0.6) is 0 Å². The van der Waals surface area contributed by atoms with Crippen molar-refractivity contribution in [1.82, 2.24) is 0 Å². The fourth-order valence-corrected chi connectivity index (χ4v) is 4.55. The van der Waals surface area contributed by atoms with Gasteiger partial charge in [0.1, 0.15) is 11.2 Å². The highest BCUT2D eigenvalue weighted by atomic mass is 16.3. The van der Waals surface area contributed by atoms with Crippen molar-refractivity contribution < 1.29 is 33.2 Å². The predicted molar refractivity (Wildman–Crippen MR) is 157 cm³/mol. The molecule has 0 aliphatic rings. The van der Waals surface area contributed by atoms with Crippen LogP contribution in [0.2, 0.25) is 0 Å². The first-order valence-corrected chi connectivity index (χ1v) is 11.0. The van der Waals surface area contributed by atoms with Crippen LogP contribution in [-0.4, -0.2) is 0 Å². The molecule has 37 heavy (non-hydrogen) atoms. The molecule has 8 rings (SSSR count). The van der Waals surface area contributed by atoms with E-state index in [4.69, 9.17) is 25.0 Å². The second-order valence-corrected chi connectivity index (χ2v) is 8.11. The molecule has 0 amide bonds. The molecule has 0 N–H and O–H groups in total. The Labute approximate surface area is 243 Å². The van der Waals surface area contributed by atoms with Gasteiger partial charge in [0.15, 0.2) is 0 Å². The molecule has 0 radical (unpaired) electrons. The fourth-order valence-electron chi connectivity index (χ4n) is 4.55. The van der Waals surface area contributed by atoms with Crippen molar-refractivity contribution in [3.63, 3.8) is 0 Å². The number of para-hydroxylation sites is 1. The van der Waals surface area contributed by atoms with Crippen LogP contribution in [0.25, 0.3) is 76.5 Å². The Morgan fingerprint density at radius 3 is 1.62 bits per heavy atom. The van der Waals surface area contributed by atoms with E-state index in [1.54, 1.807) is 0 Å². The second kappa shape index (κ2) is 7.81. The summed E-state index contributed by atoms with van der Waals surface area (Å²) in [6.45, 7) is 0. The van der Waals surface area contributed by atoms with Crippen LogP contribution >= 0.6 is 0 Å². The molecule has 1 heteroatoms. The van der Waals surface area contributed by atoms with E-state index in [-0.39, 0.29) is 21.5 Å². The predicted octanol–water partition coefficient (Wildman–Crippen LogP) is 10.4. The number of hydrogen-bond acceptors (Lipinski definition) is 1. The maximum Gasteiger partial charge on any atom is 0.135 e. The summed E-state index contributed by atoms with van der Waals surface area (Å²) in [4.78, 5) is 0. The second-order valence-electron chi connectivity index (χ2n) is 8.11. The van der Waals surface area contributed by atoms with Gasteiger partial charge in [0.2, 0.25) is 0 Å². The SMILES string of the molecule is [2H]c1c([2H])c([2H])c2c([2H])c([2H])c(-c3c4c([2H])c([2H])c([2H])c([2H])c4c(-c4c([2H])c([2H])c5oc6c([2H])c([2H])c([2H])c([2H])c6c5c4[2H])c4c([2H])c([2H])c([2H])c([2H])c34)cc2c1[2H]. The topological polar surface area (TPSA) is 13.1 Å². The first-order valence-electron chi connectivity index (χ1n) is 21.5. The number of fused-ring (bicyclic) bond motifs is 6. The van der Waals surface area contributed by atoms with Gasteiger partial charge in [-0.05, 0) is 78.8 Å². The summed E-state index contributed by atoms with van der Waals surface area (Å²) in [7, 11) is 0. The van der Waals surface area contributed by atoms with Crippen LogP contribution in [0.4, 0.5) is 0 Å². The Morgan fingerprint density at radius 1 is 0.405 bits per heavy atom. The third kappa shape index (κ3) is 3.04.